The SMILES string of the molecule is C=CC(CC)(CCCCOCCCCC(CC)(CC)OP(=O)(O)O)OP(=O)(O)O. The van der Waals surface area contributed by atoms with Crippen LogP contribution in [0, 0.1) is 0 Å². The molecule has 0 saturated heterocycles. The van der Waals surface area contributed by atoms with Crippen LogP contribution in [0.25, 0.3) is 0 Å². The van der Waals surface area contributed by atoms with Crippen LogP contribution >= 0.6 is 15.6 Å². The number of hydrogen-bond acceptors (Lipinski definition) is 5. The Morgan fingerprint density at radius 2 is 1.28 bits per heavy atom. The van der Waals surface area contributed by atoms with Gasteiger partial charge in [-0.2, -0.15) is 0 Å². The summed E-state index contributed by atoms with van der Waals surface area (Å²) in [6.45, 7) is 10.2. The molecule has 0 fully saturated rings. The van der Waals surface area contributed by atoms with E-state index in [-0.39, 0.29) is 0 Å². The molecule has 0 amide bonds. The minimum Gasteiger partial charge on any atom is -0.381 e. The van der Waals surface area contributed by atoms with Crippen molar-refractivity contribution in [2.75, 3.05) is 13.2 Å². The van der Waals surface area contributed by atoms with Gasteiger partial charge in [-0.15, -0.1) is 6.58 Å². The highest BCUT2D eigenvalue weighted by molar-refractivity contribution is 7.46. The van der Waals surface area contributed by atoms with E-state index in [0.29, 0.717) is 51.7 Å². The Morgan fingerprint density at radius 3 is 1.66 bits per heavy atom. The van der Waals surface area contributed by atoms with Crippen LogP contribution in [0.15, 0.2) is 12.7 Å². The van der Waals surface area contributed by atoms with Crippen molar-refractivity contribution in [2.24, 2.45) is 0 Å². The Kier molecular flexibility index (Phi) is 13.3. The number of phosphoric ester groups is 2. The predicted molar refractivity (Wildman–Crippen MR) is 111 cm³/mol. The van der Waals surface area contributed by atoms with E-state index in [0.717, 1.165) is 19.3 Å². The molecule has 11 heteroatoms. The molecule has 0 aliphatic carbocycles. The van der Waals surface area contributed by atoms with E-state index in [9.17, 15) is 9.13 Å². The molecule has 0 aliphatic heterocycles. The van der Waals surface area contributed by atoms with Crippen molar-refractivity contribution in [3.63, 3.8) is 0 Å². The number of unbranched alkanes of at least 4 members (excludes halogenated alkanes) is 2. The van der Waals surface area contributed by atoms with Crippen molar-refractivity contribution in [2.45, 2.75) is 89.8 Å². The first-order valence-corrected chi connectivity index (χ1v) is 13.2. The number of hydrogen-bond donors (Lipinski definition) is 4. The van der Waals surface area contributed by atoms with Gasteiger partial charge >= 0.3 is 15.6 Å². The third-order valence-electron chi connectivity index (χ3n) is 5.18. The normalized spacial score (nSPS) is 15.3. The quantitative estimate of drug-likeness (QED) is 0.132. The van der Waals surface area contributed by atoms with Crippen molar-refractivity contribution in [3.8, 4) is 0 Å². The maximum Gasteiger partial charge on any atom is 0.470 e. The second-order valence-corrected chi connectivity index (χ2v) is 9.53. The molecule has 0 aromatic rings. The van der Waals surface area contributed by atoms with Gasteiger partial charge in [0.2, 0.25) is 0 Å². The molecule has 4 N–H and O–H groups in total. The molecule has 0 aromatic carbocycles. The molecule has 0 aromatic heterocycles. The van der Waals surface area contributed by atoms with Gasteiger partial charge in [-0.25, -0.2) is 9.13 Å². The molecular formula is C18H38O9P2. The second kappa shape index (κ2) is 13.4. The summed E-state index contributed by atoms with van der Waals surface area (Å²) in [6.07, 6.45) is 6.76. The molecule has 0 rings (SSSR count). The minimum absolute atomic E-state index is 0.412. The van der Waals surface area contributed by atoms with Gasteiger partial charge in [0, 0.05) is 13.2 Å². The lowest BCUT2D eigenvalue weighted by Crippen LogP contribution is -2.30. The van der Waals surface area contributed by atoms with E-state index in [1.807, 2.05) is 13.8 Å². The Balaban J connectivity index is 4.12. The smallest absolute Gasteiger partial charge is 0.381 e. The van der Waals surface area contributed by atoms with Gasteiger partial charge in [-0.05, 0) is 57.8 Å². The summed E-state index contributed by atoms with van der Waals surface area (Å²) < 4.78 is 37.8. The van der Waals surface area contributed by atoms with Gasteiger partial charge in [0.05, 0.1) is 11.2 Å². The van der Waals surface area contributed by atoms with E-state index in [4.69, 9.17) is 33.4 Å². The van der Waals surface area contributed by atoms with Gasteiger partial charge in [-0.3, -0.25) is 9.05 Å². The third-order valence-corrected chi connectivity index (χ3v) is 6.41. The fourth-order valence-electron chi connectivity index (χ4n) is 3.22. The van der Waals surface area contributed by atoms with Crippen molar-refractivity contribution < 1.29 is 42.5 Å². The van der Waals surface area contributed by atoms with Gasteiger partial charge < -0.3 is 24.3 Å². The van der Waals surface area contributed by atoms with Crippen molar-refractivity contribution in [1.82, 2.24) is 0 Å². The number of ether oxygens (including phenoxy) is 1. The van der Waals surface area contributed by atoms with Crippen LogP contribution in [0.4, 0.5) is 0 Å². The lowest BCUT2D eigenvalue weighted by Gasteiger charge is -2.31. The fraction of sp³-hybridized carbons (Fsp3) is 0.889. The molecule has 29 heavy (non-hydrogen) atoms. The van der Waals surface area contributed by atoms with Crippen LogP contribution in [0.5, 0.6) is 0 Å². The zero-order chi connectivity index (χ0) is 22.6. The van der Waals surface area contributed by atoms with Crippen molar-refractivity contribution in [1.29, 1.82) is 0 Å². The first-order chi connectivity index (χ1) is 13.4. The Morgan fingerprint density at radius 1 is 0.793 bits per heavy atom. The lowest BCUT2D eigenvalue weighted by molar-refractivity contribution is 0.0153. The molecule has 0 heterocycles. The monoisotopic (exact) mass is 460 g/mol. The average Bonchev–Trinajstić information content (AvgIpc) is 2.62. The summed E-state index contributed by atoms with van der Waals surface area (Å²) in [5.41, 5.74) is -1.85. The molecular weight excluding hydrogens is 422 g/mol. The summed E-state index contributed by atoms with van der Waals surface area (Å²) in [4.78, 5) is 36.3. The van der Waals surface area contributed by atoms with E-state index in [1.54, 1.807) is 6.92 Å². The second-order valence-electron chi connectivity index (χ2n) is 7.20. The molecule has 0 saturated carbocycles. The van der Waals surface area contributed by atoms with E-state index >= 15 is 0 Å². The van der Waals surface area contributed by atoms with Crippen LogP contribution in [0.3, 0.4) is 0 Å². The van der Waals surface area contributed by atoms with Crippen molar-refractivity contribution in [3.05, 3.63) is 12.7 Å². The summed E-state index contributed by atoms with van der Waals surface area (Å²) in [5, 5.41) is 0. The number of phosphoric acid groups is 2. The molecule has 174 valence electrons. The van der Waals surface area contributed by atoms with Crippen LogP contribution < -0.4 is 0 Å². The summed E-state index contributed by atoms with van der Waals surface area (Å²) in [5.74, 6) is 0. The lowest BCUT2D eigenvalue weighted by atomic mass is 9.91. The highest BCUT2D eigenvalue weighted by atomic mass is 31.2. The average molecular weight is 460 g/mol. The van der Waals surface area contributed by atoms with Gasteiger partial charge in [-0.1, -0.05) is 26.8 Å². The molecule has 0 aliphatic rings. The molecule has 0 spiro atoms. The molecule has 9 nitrogen and oxygen atoms in total. The van der Waals surface area contributed by atoms with Gasteiger partial charge in [0.25, 0.3) is 0 Å². The molecule has 1 unspecified atom stereocenters. The third kappa shape index (κ3) is 13.0. The van der Waals surface area contributed by atoms with Crippen LogP contribution in [-0.2, 0) is 22.9 Å². The maximum atomic E-state index is 11.2. The standard InChI is InChI=1S/C18H38O9P2/c1-5-17(6-2,26-28(19,20)21)13-9-11-15-25-16-12-10-14-18(7-3,8-4)27-29(22,23)24/h5H,1,6-16H2,2-4H3,(H2,19,20,21)(H2,22,23,24). The van der Waals surface area contributed by atoms with Gasteiger partial charge in [0.1, 0.15) is 0 Å². The highest BCUT2D eigenvalue weighted by Crippen LogP contribution is 2.46. The van der Waals surface area contributed by atoms with Crippen molar-refractivity contribution >= 4 is 15.6 Å². The van der Waals surface area contributed by atoms with E-state index in [1.165, 1.54) is 6.08 Å². The number of rotatable bonds is 18. The highest BCUT2D eigenvalue weighted by Gasteiger charge is 2.34. The molecule has 0 bridgehead atoms. The maximum absolute atomic E-state index is 11.2. The van der Waals surface area contributed by atoms with Crippen LogP contribution in [0.1, 0.15) is 78.6 Å². The Bertz CT molecular complexity index is 554. The Hall–Kier alpha value is -0.0800. The zero-order valence-corrected chi connectivity index (χ0v) is 19.6. The first kappa shape index (κ1) is 28.9. The summed E-state index contributed by atoms with van der Waals surface area (Å²) in [7, 11) is -9.11. The zero-order valence-electron chi connectivity index (χ0n) is 17.8. The Labute approximate surface area is 174 Å². The van der Waals surface area contributed by atoms with E-state index < -0.39 is 26.8 Å². The largest absolute Gasteiger partial charge is 0.470 e. The molecule has 0 radical (unpaired) electrons. The topological polar surface area (TPSA) is 143 Å². The summed E-state index contributed by atoms with van der Waals surface area (Å²) >= 11 is 0. The van der Waals surface area contributed by atoms with Gasteiger partial charge in [0.15, 0.2) is 0 Å². The molecule has 1 atom stereocenters. The van der Waals surface area contributed by atoms with E-state index in [2.05, 4.69) is 6.58 Å². The minimum atomic E-state index is -4.59. The predicted octanol–water partition coefficient (Wildman–Crippen LogP) is 4.46. The van der Waals surface area contributed by atoms with Crippen LogP contribution in [0.2, 0.25) is 0 Å². The summed E-state index contributed by atoms with van der Waals surface area (Å²) in [6, 6.07) is 0. The fourth-order valence-corrected chi connectivity index (χ4v) is 4.84. The van der Waals surface area contributed by atoms with Crippen LogP contribution in [-0.4, -0.2) is 44.0 Å². The first-order valence-electron chi connectivity index (χ1n) is 10.1.